The van der Waals surface area contributed by atoms with Crippen molar-refractivity contribution in [3.05, 3.63) is 72.6 Å². The molecule has 2 aromatic carbocycles. The molecule has 6 nitrogen and oxygen atoms in total. The number of nitrogens with one attached hydrogen (secondary N) is 2. The van der Waals surface area contributed by atoms with Gasteiger partial charge in [0.05, 0.1) is 17.6 Å². The van der Waals surface area contributed by atoms with Crippen LogP contribution in [0.4, 0.5) is 5.69 Å². The number of anilines is 1. The summed E-state index contributed by atoms with van der Waals surface area (Å²) in [5.41, 5.74) is 2.98. The van der Waals surface area contributed by atoms with Crippen LogP contribution >= 0.6 is 0 Å². The lowest BCUT2D eigenvalue weighted by Gasteiger charge is -2.16. The second kappa shape index (κ2) is 6.92. The number of likely N-dealkylation sites (N-methyl/N-ethyl adjacent to an activating group) is 1. The molecule has 0 fully saturated rings. The van der Waals surface area contributed by atoms with E-state index >= 15 is 0 Å². The number of benzene rings is 2. The van der Waals surface area contributed by atoms with E-state index in [9.17, 15) is 9.59 Å². The van der Waals surface area contributed by atoms with Crippen LogP contribution in [0.25, 0.3) is 21.8 Å². The number of amides is 2. The van der Waals surface area contributed by atoms with Crippen LogP contribution in [0.1, 0.15) is 10.4 Å². The summed E-state index contributed by atoms with van der Waals surface area (Å²) in [4.78, 5) is 33.8. The van der Waals surface area contributed by atoms with Crippen molar-refractivity contribution < 1.29 is 9.59 Å². The molecule has 0 unspecified atom stereocenters. The Kier molecular flexibility index (Phi) is 4.30. The van der Waals surface area contributed by atoms with E-state index in [-0.39, 0.29) is 18.4 Å². The molecule has 6 heteroatoms. The SMILES string of the molecule is CN(CC(=O)Nc1ccc2ncccc2c1)C(=O)c1c[nH]c2ccccc12. The van der Waals surface area contributed by atoms with Crippen LogP contribution < -0.4 is 5.32 Å². The fourth-order valence-electron chi connectivity index (χ4n) is 3.10. The fraction of sp³-hybridized carbons (Fsp3) is 0.0952. The predicted molar refractivity (Wildman–Crippen MR) is 106 cm³/mol. The molecule has 0 aliphatic heterocycles. The van der Waals surface area contributed by atoms with E-state index in [1.54, 1.807) is 25.5 Å². The lowest BCUT2D eigenvalue weighted by molar-refractivity contribution is -0.116. The maximum Gasteiger partial charge on any atom is 0.256 e. The monoisotopic (exact) mass is 358 g/mol. The fourth-order valence-corrected chi connectivity index (χ4v) is 3.10. The first-order valence-electron chi connectivity index (χ1n) is 8.58. The minimum absolute atomic E-state index is 0.0383. The molecule has 2 aromatic heterocycles. The van der Waals surface area contributed by atoms with Gasteiger partial charge in [-0.25, -0.2) is 0 Å². The van der Waals surface area contributed by atoms with E-state index in [1.165, 1.54) is 4.90 Å². The standard InChI is InChI=1S/C21H18N4O2/c1-25(21(27)17-12-23-19-7-3-2-6-16(17)19)13-20(26)24-15-8-9-18-14(11-15)5-4-10-22-18/h2-12,23H,13H2,1H3,(H,24,26). The molecule has 2 amide bonds. The average Bonchev–Trinajstić information content (AvgIpc) is 3.11. The van der Waals surface area contributed by atoms with Crippen molar-refractivity contribution in [3.63, 3.8) is 0 Å². The van der Waals surface area contributed by atoms with Gasteiger partial charge in [0, 0.05) is 41.4 Å². The minimum Gasteiger partial charge on any atom is -0.360 e. The highest BCUT2D eigenvalue weighted by Crippen LogP contribution is 2.19. The number of hydrogen-bond donors (Lipinski definition) is 2. The predicted octanol–water partition coefficient (Wildman–Crippen LogP) is 3.43. The molecule has 0 aliphatic carbocycles. The second-order valence-corrected chi connectivity index (χ2v) is 6.37. The van der Waals surface area contributed by atoms with Gasteiger partial charge in [-0.1, -0.05) is 24.3 Å². The lowest BCUT2D eigenvalue weighted by atomic mass is 10.1. The van der Waals surface area contributed by atoms with Gasteiger partial charge in [0.1, 0.15) is 0 Å². The van der Waals surface area contributed by atoms with E-state index in [4.69, 9.17) is 0 Å². The van der Waals surface area contributed by atoms with Gasteiger partial charge in [0.2, 0.25) is 5.91 Å². The number of aromatic nitrogens is 2. The summed E-state index contributed by atoms with van der Waals surface area (Å²) in [5.74, 6) is -0.459. The molecule has 4 rings (SSSR count). The minimum atomic E-state index is -0.256. The number of fused-ring (bicyclic) bond motifs is 2. The number of aromatic amines is 1. The number of carbonyl (C=O) groups is 2. The number of H-pyrrole nitrogens is 1. The van der Waals surface area contributed by atoms with Crippen LogP contribution in [0.15, 0.2) is 67.0 Å². The number of rotatable bonds is 4. The topological polar surface area (TPSA) is 78.1 Å². The van der Waals surface area contributed by atoms with Crippen LogP contribution in [-0.4, -0.2) is 40.3 Å². The molecule has 0 atom stereocenters. The number of pyridine rings is 1. The maximum absolute atomic E-state index is 12.7. The van der Waals surface area contributed by atoms with Gasteiger partial charge in [0.25, 0.3) is 5.91 Å². The first kappa shape index (κ1) is 16.8. The summed E-state index contributed by atoms with van der Waals surface area (Å²) in [7, 11) is 1.62. The molecule has 0 radical (unpaired) electrons. The van der Waals surface area contributed by atoms with Gasteiger partial charge < -0.3 is 15.2 Å². The zero-order valence-electron chi connectivity index (χ0n) is 14.8. The second-order valence-electron chi connectivity index (χ2n) is 6.37. The van der Waals surface area contributed by atoms with Gasteiger partial charge in [-0.15, -0.1) is 0 Å². The Balaban J connectivity index is 1.46. The molecule has 0 aliphatic rings. The van der Waals surface area contributed by atoms with Crippen LogP contribution in [-0.2, 0) is 4.79 Å². The Morgan fingerprint density at radius 1 is 1.11 bits per heavy atom. The van der Waals surface area contributed by atoms with Crippen LogP contribution in [0.5, 0.6) is 0 Å². The van der Waals surface area contributed by atoms with Crippen molar-refractivity contribution >= 4 is 39.3 Å². The summed E-state index contributed by atoms with van der Waals surface area (Å²) in [6.07, 6.45) is 3.41. The highest BCUT2D eigenvalue weighted by molar-refractivity contribution is 6.08. The third-order valence-corrected chi connectivity index (χ3v) is 4.43. The van der Waals surface area contributed by atoms with Crippen molar-refractivity contribution in [2.24, 2.45) is 0 Å². The molecule has 0 spiro atoms. The van der Waals surface area contributed by atoms with E-state index < -0.39 is 0 Å². The Labute approximate surface area is 155 Å². The number of hydrogen-bond acceptors (Lipinski definition) is 3. The van der Waals surface area contributed by atoms with E-state index in [2.05, 4.69) is 15.3 Å². The van der Waals surface area contributed by atoms with E-state index in [0.29, 0.717) is 11.3 Å². The van der Waals surface area contributed by atoms with Crippen LogP contribution in [0.3, 0.4) is 0 Å². The molecule has 2 heterocycles. The molecule has 27 heavy (non-hydrogen) atoms. The molecule has 134 valence electrons. The summed E-state index contributed by atoms with van der Waals surface area (Å²) < 4.78 is 0. The zero-order valence-corrected chi connectivity index (χ0v) is 14.8. The van der Waals surface area contributed by atoms with Crippen molar-refractivity contribution in [1.82, 2.24) is 14.9 Å². The zero-order chi connectivity index (χ0) is 18.8. The first-order valence-corrected chi connectivity index (χ1v) is 8.58. The highest BCUT2D eigenvalue weighted by Gasteiger charge is 2.18. The van der Waals surface area contributed by atoms with Gasteiger partial charge >= 0.3 is 0 Å². The summed E-state index contributed by atoms with van der Waals surface area (Å²) in [6.45, 7) is -0.0383. The van der Waals surface area contributed by atoms with E-state index in [1.807, 2.05) is 48.5 Å². The molecule has 0 saturated carbocycles. The molecule has 4 aromatic rings. The normalized spacial score (nSPS) is 10.9. The Morgan fingerprint density at radius 2 is 1.96 bits per heavy atom. The van der Waals surface area contributed by atoms with Crippen molar-refractivity contribution in [3.8, 4) is 0 Å². The van der Waals surface area contributed by atoms with Gasteiger partial charge in [-0.3, -0.25) is 14.6 Å². The molecule has 0 saturated heterocycles. The van der Waals surface area contributed by atoms with Crippen molar-refractivity contribution in [2.45, 2.75) is 0 Å². The quantitative estimate of drug-likeness (QED) is 0.587. The maximum atomic E-state index is 12.7. The Morgan fingerprint density at radius 3 is 2.85 bits per heavy atom. The van der Waals surface area contributed by atoms with Gasteiger partial charge in [0.15, 0.2) is 0 Å². The van der Waals surface area contributed by atoms with Crippen molar-refractivity contribution in [2.75, 3.05) is 18.9 Å². The summed E-state index contributed by atoms with van der Waals surface area (Å²) in [5, 5.41) is 4.62. The first-order chi connectivity index (χ1) is 13.1. The smallest absolute Gasteiger partial charge is 0.256 e. The molecule has 2 N–H and O–H groups in total. The molecule has 0 bridgehead atoms. The Hall–Kier alpha value is -3.67. The summed E-state index contributed by atoms with van der Waals surface area (Å²) >= 11 is 0. The third kappa shape index (κ3) is 3.37. The Bertz CT molecular complexity index is 1150. The van der Waals surface area contributed by atoms with Crippen molar-refractivity contribution in [1.29, 1.82) is 0 Å². The van der Waals surface area contributed by atoms with E-state index in [0.717, 1.165) is 21.8 Å². The molecular weight excluding hydrogens is 340 g/mol. The third-order valence-electron chi connectivity index (χ3n) is 4.43. The van der Waals surface area contributed by atoms with Gasteiger partial charge in [-0.05, 0) is 30.3 Å². The molecular formula is C21H18N4O2. The highest BCUT2D eigenvalue weighted by atomic mass is 16.2. The average molecular weight is 358 g/mol. The van der Waals surface area contributed by atoms with Gasteiger partial charge in [-0.2, -0.15) is 0 Å². The van der Waals surface area contributed by atoms with Crippen LogP contribution in [0.2, 0.25) is 0 Å². The largest absolute Gasteiger partial charge is 0.360 e. The van der Waals surface area contributed by atoms with Crippen LogP contribution in [0, 0.1) is 0 Å². The summed E-state index contributed by atoms with van der Waals surface area (Å²) in [6, 6.07) is 16.9. The number of carbonyl (C=O) groups excluding carboxylic acids is 2. The number of nitrogens with zero attached hydrogens (tertiary/aromatic N) is 2. The number of para-hydroxylation sites is 1. The lowest BCUT2D eigenvalue weighted by Crippen LogP contribution is -2.34.